The molecular weight excluding hydrogens is 424 g/mol. The number of aromatic nitrogens is 2. The van der Waals surface area contributed by atoms with Crippen LogP contribution in [0, 0.1) is 0 Å². The Morgan fingerprint density at radius 3 is 2.47 bits per heavy atom. The van der Waals surface area contributed by atoms with E-state index >= 15 is 0 Å². The van der Waals surface area contributed by atoms with Crippen molar-refractivity contribution < 1.29 is 17.3 Å². The molecule has 0 aliphatic rings. The lowest BCUT2D eigenvalue weighted by Gasteiger charge is -2.08. The second kappa shape index (κ2) is 8.29. The van der Waals surface area contributed by atoms with Gasteiger partial charge in [0.2, 0.25) is 0 Å². The summed E-state index contributed by atoms with van der Waals surface area (Å²) in [5.41, 5.74) is 1.25. The number of para-hydroxylation sites is 1. The Morgan fingerprint density at radius 2 is 1.77 bits per heavy atom. The highest BCUT2D eigenvalue weighted by Gasteiger charge is 2.16. The van der Waals surface area contributed by atoms with Crippen LogP contribution in [-0.2, 0) is 16.7 Å². The van der Waals surface area contributed by atoms with Gasteiger partial charge in [0.15, 0.2) is 0 Å². The van der Waals surface area contributed by atoms with Gasteiger partial charge in [0.25, 0.3) is 5.56 Å². The highest BCUT2D eigenvalue weighted by atomic mass is 32.2. The third-order valence-electron chi connectivity index (χ3n) is 4.43. The van der Waals surface area contributed by atoms with Crippen molar-refractivity contribution in [1.82, 2.24) is 9.55 Å². The number of thiophene rings is 1. The average Bonchev–Trinajstić information content (AvgIpc) is 3.19. The molecule has 0 radical (unpaired) electrons. The van der Waals surface area contributed by atoms with Crippen molar-refractivity contribution in [3.63, 3.8) is 0 Å². The van der Waals surface area contributed by atoms with Gasteiger partial charge in [-0.2, -0.15) is 8.42 Å². The number of fused-ring (bicyclic) bond motifs is 1. The first kappa shape index (κ1) is 20.1. The summed E-state index contributed by atoms with van der Waals surface area (Å²) in [6.45, 7) is -0.0489. The lowest BCUT2D eigenvalue weighted by Crippen LogP contribution is -2.25. The monoisotopic (exact) mass is 442 g/mol. The second-order valence-corrected chi connectivity index (χ2v) is 9.20. The Kier molecular flexibility index (Phi) is 5.56. The van der Waals surface area contributed by atoms with Gasteiger partial charge in [-0.05, 0) is 48.0 Å². The molecule has 0 atom stereocenters. The molecule has 2 heterocycles. The summed E-state index contributed by atoms with van der Waals surface area (Å²) >= 11 is 1.32. The smallest absolute Gasteiger partial charge is 0.310 e. The van der Waals surface area contributed by atoms with Gasteiger partial charge in [-0.25, -0.2) is 4.98 Å². The van der Waals surface area contributed by atoms with Crippen LogP contribution in [0.3, 0.4) is 0 Å². The molecule has 7 nitrogen and oxygen atoms in total. The molecule has 0 N–H and O–H groups in total. The van der Waals surface area contributed by atoms with Crippen molar-refractivity contribution in [3.8, 4) is 21.9 Å². The minimum Gasteiger partial charge on any atom is -0.497 e. The van der Waals surface area contributed by atoms with Crippen molar-refractivity contribution in [2.24, 2.45) is 0 Å². The zero-order valence-electron chi connectivity index (χ0n) is 16.0. The molecule has 0 fully saturated rings. The van der Waals surface area contributed by atoms with E-state index in [-0.39, 0.29) is 23.6 Å². The van der Waals surface area contributed by atoms with Crippen LogP contribution >= 0.6 is 11.3 Å². The lowest BCUT2D eigenvalue weighted by atomic mass is 10.2. The van der Waals surface area contributed by atoms with Crippen molar-refractivity contribution in [1.29, 1.82) is 0 Å². The highest BCUT2D eigenvalue weighted by molar-refractivity contribution is 7.87. The third-order valence-corrected chi connectivity index (χ3v) is 6.72. The molecule has 0 aliphatic carbocycles. The van der Waals surface area contributed by atoms with Gasteiger partial charge in [-0.3, -0.25) is 9.36 Å². The van der Waals surface area contributed by atoms with Gasteiger partial charge in [-0.1, -0.05) is 18.2 Å². The van der Waals surface area contributed by atoms with Gasteiger partial charge in [0, 0.05) is 11.4 Å². The van der Waals surface area contributed by atoms with Crippen molar-refractivity contribution >= 4 is 31.7 Å². The molecule has 4 rings (SSSR count). The van der Waals surface area contributed by atoms with Crippen LogP contribution in [0.2, 0.25) is 0 Å². The summed E-state index contributed by atoms with van der Waals surface area (Å²) in [5, 5.41) is 0. The fourth-order valence-electron chi connectivity index (χ4n) is 2.88. The van der Waals surface area contributed by atoms with Crippen molar-refractivity contribution in [2.45, 2.75) is 6.54 Å². The molecule has 154 valence electrons. The van der Waals surface area contributed by atoms with Gasteiger partial charge < -0.3 is 8.92 Å². The van der Waals surface area contributed by atoms with Gasteiger partial charge in [0.05, 0.1) is 19.0 Å². The zero-order chi connectivity index (χ0) is 21.1. The van der Waals surface area contributed by atoms with Gasteiger partial charge in [-0.15, -0.1) is 11.3 Å². The molecule has 0 amide bonds. The number of rotatable bonds is 7. The number of hydrogen-bond acceptors (Lipinski definition) is 7. The molecule has 2 aromatic carbocycles. The van der Waals surface area contributed by atoms with Crippen molar-refractivity contribution in [3.05, 3.63) is 77.3 Å². The maximum atomic E-state index is 12.8. The Hall–Kier alpha value is -3.17. The first-order valence-electron chi connectivity index (χ1n) is 9.06. The molecule has 4 aromatic rings. The van der Waals surface area contributed by atoms with E-state index in [0.717, 1.165) is 16.2 Å². The summed E-state index contributed by atoms with van der Waals surface area (Å²) < 4.78 is 36.4. The minimum atomic E-state index is -3.84. The molecular formula is C21H18N2O5S2. The normalized spacial score (nSPS) is 11.5. The van der Waals surface area contributed by atoms with Crippen LogP contribution in [0.5, 0.6) is 11.5 Å². The number of methoxy groups -OCH3 is 1. The number of nitrogens with zero attached hydrogens (tertiary/aromatic N) is 2. The zero-order valence-corrected chi connectivity index (χ0v) is 17.7. The third kappa shape index (κ3) is 4.37. The fraction of sp³-hybridized carbons (Fsp3) is 0.143. The largest absolute Gasteiger partial charge is 0.497 e. The van der Waals surface area contributed by atoms with E-state index in [2.05, 4.69) is 4.98 Å². The first-order chi connectivity index (χ1) is 14.4. The van der Waals surface area contributed by atoms with Gasteiger partial charge >= 0.3 is 10.1 Å². The molecule has 9 heteroatoms. The first-order valence-corrected chi connectivity index (χ1v) is 11.5. The second-order valence-electron chi connectivity index (χ2n) is 6.45. The summed E-state index contributed by atoms with van der Waals surface area (Å²) in [4.78, 5) is 18.0. The van der Waals surface area contributed by atoms with Crippen LogP contribution in [0.4, 0.5) is 0 Å². The van der Waals surface area contributed by atoms with E-state index in [1.165, 1.54) is 22.2 Å². The lowest BCUT2D eigenvalue weighted by molar-refractivity contribution is 0.415. The maximum absolute atomic E-state index is 12.8. The summed E-state index contributed by atoms with van der Waals surface area (Å²) in [5.74, 6) is 0.645. The van der Waals surface area contributed by atoms with Crippen LogP contribution in [-0.4, -0.2) is 30.8 Å². The van der Waals surface area contributed by atoms with Gasteiger partial charge in [0.1, 0.15) is 22.0 Å². The van der Waals surface area contributed by atoms with E-state index in [0.29, 0.717) is 10.2 Å². The van der Waals surface area contributed by atoms with Crippen LogP contribution in [0.15, 0.2) is 71.8 Å². The van der Waals surface area contributed by atoms with E-state index in [1.807, 2.05) is 30.3 Å². The number of aryl methyl sites for hydroxylation is 1. The molecule has 0 spiro atoms. The number of hydrogen-bond donors (Lipinski definition) is 0. The quantitative estimate of drug-likeness (QED) is 0.407. The summed E-state index contributed by atoms with van der Waals surface area (Å²) in [7, 11) is -2.24. The van der Waals surface area contributed by atoms with E-state index in [4.69, 9.17) is 8.92 Å². The number of benzene rings is 2. The standard InChI is InChI=1S/C21H18N2O5S2/c1-27-16-9-7-15(8-10-16)19-13-18-20(29-19)21(24)23(14-22-18)11-12-30(25,26)28-17-5-3-2-4-6-17/h2-10,13-14H,11-12H2,1H3. The molecule has 0 bridgehead atoms. The Labute approximate surface area is 177 Å². The Morgan fingerprint density at radius 1 is 1.03 bits per heavy atom. The predicted molar refractivity (Wildman–Crippen MR) is 117 cm³/mol. The molecule has 0 aliphatic heterocycles. The molecule has 0 unspecified atom stereocenters. The Bertz CT molecular complexity index is 1330. The maximum Gasteiger partial charge on any atom is 0.310 e. The highest BCUT2D eigenvalue weighted by Crippen LogP contribution is 2.31. The van der Waals surface area contributed by atoms with Crippen molar-refractivity contribution in [2.75, 3.05) is 12.9 Å². The topological polar surface area (TPSA) is 87.5 Å². The fourth-order valence-corrected chi connectivity index (χ4v) is 4.85. The molecule has 0 saturated heterocycles. The predicted octanol–water partition coefficient (Wildman–Crippen LogP) is 3.54. The SMILES string of the molecule is COc1ccc(-c2cc3ncn(CCS(=O)(=O)Oc4ccccc4)c(=O)c3s2)cc1. The summed E-state index contributed by atoms with van der Waals surface area (Å²) in [6.07, 6.45) is 1.37. The summed E-state index contributed by atoms with van der Waals surface area (Å²) in [6, 6.07) is 17.6. The number of ether oxygens (including phenoxy) is 1. The van der Waals surface area contributed by atoms with Crippen LogP contribution < -0.4 is 14.5 Å². The van der Waals surface area contributed by atoms with Crippen LogP contribution in [0.25, 0.3) is 20.7 Å². The van der Waals surface area contributed by atoms with E-state index in [1.54, 1.807) is 37.4 Å². The molecule has 2 aromatic heterocycles. The van der Waals surface area contributed by atoms with Crippen LogP contribution in [0.1, 0.15) is 0 Å². The molecule has 0 saturated carbocycles. The van der Waals surface area contributed by atoms with E-state index < -0.39 is 10.1 Å². The minimum absolute atomic E-state index is 0.0489. The average molecular weight is 443 g/mol. The Balaban J connectivity index is 1.55. The molecule has 30 heavy (non-hydrogen) atoms. The van der Waals surface area contributed by atoms with E-state index in [9.17, 15) is 13.2 Å².